The van der Waals surface area contributed by atoms with Gasteiger partial charge in [0.05, 0.1) is 6.10 Å². The largest absolute Gasteiger partial charge is 0.392 e. The molecule has 0 saturated heterocycles. The monoisotopic (exact) mass is 268 g/mol. The molecule has 1 atom stereocenters. The fourth-order valence-corrected chi connectivity index (χ4v) is 2.84. The van der Waals surface area contributed by atoms with Gasteiger partial charge in [-0.15, -0.1) is 0 Å². The summed E-state index contributed by atoms with van der Waals surface area (Å²) in [6.45, 7) is 8.47. The lowest BCUT2D eigenvalue weighted by molar-refractivity contribution is 0.175. The van der Waals surface area contributed by atoms with E-state index in [0.717, 1.165) is 6.42 Å². The molecule has 0 amide bonds. The minimum absolute atomic E-state index is 0.321. The Balaban J connectivity index is 2.08. The maximum absolute atomic E-state index is 10.3. The van der Waals surface area contributed by atoms with Crippen LogP contribution in [0, 0.1) is 27.7 Å². The van der Waals surface area contributed by atoms with Gasteiger partial charge in [0.15, 0.2) is 0 Å². The van der Waals surface area contributed by atoms with E-state index in [4.69, 9.17) is 0 Å². The molecular weight excluding hydrogens is 244 g/mol. The van der Waals surface area contributed by atoms with Gasteiger partial charge >= 0.3 is 0 Å². The van der Waals surface area contributed by atoms with Gasteiger partial charge in [0, 0.05) is 0 Å². The highest BCUT2D eigenvalue weighted by molar-refractivity contribution is 5.38. The third kappa shape index (κ3) is 3.71. The van der Waals surface area contributed by atoms with E-state index in [-0.39, 0.29) is 6.10 Å². The Morgan fingerprint density at radius 3 is 1.90 bits per heavy atom. The lowest BCUT2D eigenvalue weighted by Gasteiger charge is -2.16. The molecule has 2 aromatic rings. The maximum atomic E-state index is 10.3. The number of aliphatic hydroxyl groups excluding tert-OH is 1. The Hall–Kier alpha value is -1.60. The smallest absolute Gasteiger partial charge is 0.0621 e. The number of hydrogen-bond acceptors (Lipinski definition) is 1. The van der Waals surface area contributed by atoms with E-state index in [1.807, 2.05) is 0 Å². The highest BCUT2D eigenvalue weighted by atomic mass is 16.3. The first-order valence-electron chi connectivity index (χ1n) is 7.26. The van der Waals surface area contributed by atoms with Crippen LogP contribution in [0.4, 0.5) is 0 Å². The summed E-state index contributed by atoms with van der Waals surface area (Å²) in [5, 5.41) is 10.3. The average Bonchev–Trinajstić information content (AvgIpc) is 2.36. The van der Waals surface area contributed by atoms with Crippen molar-refractivity contribution in [3.8, 4) is 0 Å². The fourth-order valence-electron chi connectivity index (χ4n) is 2.84. The topological polar surface area (TPSA) is 20.2 Å². The van der Waals surface area contributed by atoms with Gasteiger partial charge in [-0.3, -0.25) is 0 Å². The van der Waals surface area contributed by atoms with Gasteiger partial charge in [0.1, 0.15) is 0 Å². The van der Waals surface area contributed by atoms with Crippen LogP contribution in [0.5, 0.6) is 0 Å². The Morgan fingerprint density at radius 2 is 1.35 bits per heavy atom. The third-order valence-electron chi connectivity index (χ3n) is 3.87. The van der Waals surface area contributed by atoms with Crippen molar-refractivity contribution >= 4 is 0 Å². The number of rotatable bonds is 4. The summed E-state index contributed by atoms with van der Waals surface area (Å²) in [4.78, 5) is 0. The van der Waals surface area contributed by atoms with Gasteiger partial charge in [-0.25, -0.2) is 0 Å². The minimum Gasteiger partial charge on any atom is -0.392 e. The fraction of sp³-hybridized carbons (Fsp3) is 0.368. The Morgan fingerprint density at radius 1 is 0.800 bits per heavy atom. The molecule has 0 aliphatic rings. The summed E-state index contributed by atoms with van der Waals surface area (Å²) in [6, 6.07) is 12.8. The molecule has 1 N–H and O–H groups in total. The average molecular weight is 268 g/mol. The Bertz CT molecular complexity index is 558. The summed E-state index contributed by atoms with van der Waals surface area (Å²) in [6.07, 6.45) is 1.12. The van der Waals surface area contributed by atoms with Crippen molar-refractivity contribution in [3.63, 3.8) is 0 Å². The summed E-state index contributed by atoms with van der Waals surface area (Å²) in [5.74, 6) is 0. The molecule has 2 aromatic carbocycles. The van der Waals surface area contributed by atoms with Crippen molar-refractivity contribution in [1.29, 1.82) is 0 Å². The zero-order valence-corrected chi connectivity index (χ0v) is 12.9. The molecule has 0 aromatic heterocycles. The van der Waals surface area contributed by atoms with Crippen molar-refractivity contribution in [2.75, 3.05) is 0 Å². The van der Waals surface area contributed by atoms with E-state index >= 15 is 0 Å². The zero-order chi connectivity index (χ0) is 14.7. The molecule has 2 rings (SSSR count). The van der Waals surface area contributed by atoms with E-state index in [9.17, 15) is 5.11 Å². The first-order chi connectivity index (χ1) is 9.45. The van der Waals surface area contributed by atoms with Crippen LogP contribution in [0.3, 0.4) is 0 Å². The SMILES string of the molecule is Cc1ccc(CC(O)Cc2c(C)cc(C)cc2C)cc1. The molecule has 1 heteroatoms. The number of hydrogen-bond donors (Lipinski definition) is 1. The van der Waals surface area contributed by atoms with Crippen LogP contribution in [0.25, 0.3) is 0 Å². The molecular formula is C19H24O. The first-order valence-corrected chi connectivity index (χ1v) is 7.26. The Kier molecular flexibility index (Phi) is 4.61. The second kappa shape index (κ2) is 6.23. The van der Waals surface area contributed by atoms with Crippen LogP contribution < -0.4 is 0 Å². The van der Waals surface area contributed by atoms with E-state index in [1.54, 1.807) is 0 Å². The zero-order valence-electron chi connectivity index (χ0n) is 12.9. The standard InChI is InChI=1S/C19H24O/c1-13-5-7-17(8-6-13)11-18(20)12-19-15(3)9-14(2)10-16(19)4/h5-10,18,20H,11-12H2,1-4H3. The van der Waals surface area contributed by atoms with Crippen molar-refractivity contribution in [1.82, 2.24) is 0 Å². The third-order valence-corrected chi connectivity index (χ3v) is 3.87. The first kappa shape index (κ1) is 14.8. The molecule has 0 aliphatic heterocycles. The second-order valence-electron chi connectivity index (χ2n) is 5.92. The normalized spacial score (nSPS) is 12.4. The molecule has 0 bridgehead atoms. The quantitative estimate of drug-likeness (QED) is 0.886. The van der Waals surface area contributed by atoms with Crippen LogP contribution in [0.15, 0.2) is 36.4 Å². The van der Waals surface area contributed by atoms with Crippen molar-refractivity contribution in [3.05, 3.63) is 69.8 Å². The van der Waals surface area contributed by atoms with Crippen molar-refractivity contribution in [2.24, 2.45) is 0 Å². The van der Waals surface area contributed by atoms with E-state index in [2.05, 4.69) is 64.1 Å². The second-order valence-corrected chi connectivity index (χ2v) is 5.92. The van der Waals surface area contributed by atoms with Crippen LogP contribution in [-0.2, 0) is 12.8 Å². The number of benzene rings is 2. The van der Waals surface area contributed by atoms with Crippen molar-refractivity contribution < 1.29 is 5.11 Å². The molecule has 0 saturated carbocycles. The summed E-state index contributed by atoms with van der Waals surface area (Å²) in [5.41, 5.74) is 7.60. The van der Waals surface area contributed by atoms with Crippen molar-refractivity contribution in [2.45, 2.75) is 46.6 Å². The van der Waals surface area contributed by atoms with Crippen LogP contribution >= 0.6 is 0 Å². The molecule has 0 aliphatic carbocycles. The predicted molar refractivity (Wildman–Crippen MR) is 85.2 cm³/mol. The highest BCUT2D eigenvalue weighted by Gasteiger charge is 2.11. The summed E-state index contributed by atoms with van der Waals surface area (Å²) >= 11 is 0. The number of aryl methyl sites for hydroxylation is 4. The lowest BCUT2D eigenvalue weighted by Crippen LogP contribution is -2.15. The van der Waals surface area contributed by atoms with Gasteiger partial charge in [0.2, 0.25) is 0 Å². The van der Waals surface area contributed by atoms with Gasteiger partial charge in [0.25, 0.3) is 0 Å². The molecule has 0 heterocycles. The molecule has 1 nitrogen and oxygen atoms in total. The van der Waals surface area contributed by atoms with E-state index in [0.29, 0.717) is 6.42 Å². The minimum atomic E-state index is -0.321. The number of aliphatic hydroxyl groups is 1. The van der Waals surface area contributed by atoms with Gasteiger partial charge in [-0.2, -0.15) is 0 Å². The molecule has 0 spiro atoms. The molecule has 1 unspecified atom stereocenters. The summed E-state index contributed by atoms with van der Waals surface area (Å²) < 4.78 is 0. The van der Waals surface area contributed by atoms with Crippen LogP contribution in [-0.4, -0.2) is 11.2 Å². The van der Waals surface area contributed by atoms with Crippen LogP contribution in [0.1, 0.15) is 33.4 Å². The molecule has 106 valence electrons. The predicted octanol–water partition coefficient (Wildman–Crippen LogP) is 4.07. The summed E-state index contributed by atoms with van der Waals surface area (Å²) in [7, 11) is 0. The van der Waals surface area contributed by atoms with Gasteiger partial charge in [-0.1, -0.05) is 47.5 Å². The molecule has 0 fully saturated rings. The lowest BCUT2D eigenvalue weighted by atomic mass is 9.93. The van der Waals surface area contributed by atoms with Crippen LogP contribution in [0.2, 0.25) is 0 Å². The van der Waals surface area contributed by atoms with E-state index < -0.39 is 0 Å². The van der Waals surface area contributed by atoms with Gasteiger partial charge in [-0.05, 0) is 62.8 Å². The maximum Gasteiger partial charge on any atom is 0.0621 e. The van der Waals surface area contributed by atoms with E-state index in [1.165, 1.54) is 33.4 Å². The van der Waals surface area contributed by atoms with Gasteiger partial charge < -0.3 is 5.11 Å². The highest BCUT2D eigenvalue weighted by Crippen LogP contribution is 2.19. The Labute approximate surface area is 122 Å². The molecule has 0 radical (unpaired) electrons. The molecule has 20 heavy (non-hydrogen) atoms.